The Morgan fingerprint density at radius 2 is 1.83 bits per heavy atom. The van der Waals surface area contributed by atoms with Crippen molar-refractivity contribution in [3.05, 3.63) is 18.2 Å². The number of H-pyrrole nitrogens is 1. The lowest BCUT2D eigenvalue weighted by molar-refractivity contribution is -0.727. The molecule has 0 saturated heterocycles. The van der Waals surface area contributed by atoms with Crippen LogP contribution in [0.3, 0.4) is 0 Å². The molecule has 2 unspecified atom stereocenters. The first-order valence-corrected chi connectivity index (χ1v) is 7.79. The average molecular weight is 251 g/mol. The van der Waals surface area contributed by atoms with Crippen molar-refractivity contribution in [3.8, 4) is 0 Å². The van der Waals surface area contributed by atoms with E-state index in [0.717, 1.165) is 0 Å². The largest absolute Gasteiger partial charge is 0.257 e. The van der Waals surface area contributed by atoms with Gasteiger partial charge in [-0.3, -0.25) is 0 Å². The fraction of sp³-hybridized carbons (Fsp3) is 0.812. The van der Waals surface area contributed by atoms with Crippen LogP contribution in [-0.4, -0.2) is 4.98 Å². The fourth-order valence-electron chi connectivity index (χ4n) is 2.71. The molecule has 0 amide bonds. The molecule has 0 spiro atoms. The molecule has 1 aromatic heterocycles. The van der Waals surface area contributed by atoms with Gasteiger partial charge in [-0.1, -0.05) is 46.5 Å². The van der Waals surface area contributed by atoms with E-state index in [-0.39, 0.29) is 0 Å². The highest BCUT2D eigenvalue weighted by Gasteiger charge is 2.21. The fourth-order valence-corrected chi connectivity index (χ4v) is 2.71. The molecule has 0 aliphatic heterocycles. The van der Waals surface area contributed by atoms with Crippen molar-refractivity contribution in [2.24, 2.45) is 0 Å². The number of aromatic nitrogens is 2. The number of rotatable bonds is 9. The van der Waals surface area contributed by atoms with Crippen molar-refractivity contribution >= 4 is 0 Å². The average Bonchev–Trinajstić information content (AvgIpc) is 2.84. The zero-order valence-electron chi connectivity index (χ0n) is 12.7. The van der Waals surface area contributed by atoms with Crippen LogP contribution in [0.5, 0.6) is 0 Å². The second kappa shape index (κ2) is 8.34. The van der Waals surface area contributed by atoms with Crippen LogP contribution in [0.2, 0.25) is 0 Å². The summed E-state index contributed by atoms with van der Waals surface area (Å²) in [5, 5.41) is 0. The van der Waals surface area contributed by atoms with E-state index in [0.29, 0.717) is 12.0 Å². The van der Waals surface area contributed by atoms with Gasteiger partial charge in [0.2, 0.25) is 0 Å². The molecule has 1 aromatic rings. The van der Waals surface area contributed by atoms with Gasteiger partial charge in [0.15, 0.2) is 0 Å². The maximum absolute atomic E-state index is 3.44. The van der Waals surface area contributed by atoms with E-state index in [4.69, 9.17) is 0 Å². The highest BCUT2D eigenvalue weighted by atomic mass is 15.1. The molecule has 104 valence electrons. The van der Waals surface area contributed by atoms with E-state index < -0.39 is 0 Å². The standard InChI is InChI=1S/C16H30N2/c1-5-7-8-9-11-15(4)18-13-12-17-16(18)14(3)10-6-2/h12-15H,5-11H2,1-4H3/p+1. The molecule has 2 nitrogen and oxygen atoms in total. The van der Waals surface area contributed by atoms with Crippen LogP contribution in [-0.2, 0) is 0 Å². The van der Waals surface area contributed by atoms with Gasteiger partial charge < -0.3 is 0 Å². The topological polar surface area (TPSA) is 19.7 Å². The summed E-state index contributed by atoms with van der Waals surface area (Å²) in [5.41, 5.74) is 0. The Morgan fingerprint density at radius 1 is 1.06 bits per heavy atom. The SMILES string of the molecule is CCCCCCC(C)[n+]1cc[nH]c1C(C)CCC. The maximum atomic E-state index is 3.44. The lowest BCUT2D eigenvalue weighted by atomic mass is 10.0. The molecule has 1 rings (SSSR count). The molecular weight excluding hydrogens is 220 g/mol. The van der Waals surface area contributed by atoms with Gasteiger partial charge in [-0.05, 0) is 26.2 Å². The third-order valence-corrected chi connectivity index (χ3v) is 3.88. The molecule has 0 aromatic carbocycles. The number of aromatic amines is 1. The third-order valence-electron chi connectivity index (χ3n) is 3.88. The van der Waals surface area contributed by atoms with Crippen molar-refractivity contribution in [2.75, 3.05) is 0 Å². The monoisotopic (exact) mass is 251 g/mol. The third kappa shape index (κ3) is 4.47. The molecule has 0 aliphatic rings. The maximum Gasteiger partial charge on any atom is 0.257 e. The summed E-state index contributed by atoms with van der Waals surface area (Å²) in [4.78, 5) is 3.44. The zero-order valence-corrected chi connectivity index (χ0v) is 12.7. The molecular formula is C16H31N2+. The molecule has 2 atom stereocenters. The molecule has 2 heteroatoms. The first kappa shape index (κ1) is 15.3. The molecule has 0 aliphatic carbocycles. The molecule has 1 N–H and O–H groups in total. The Morgan fingerprint density at radius 3 is 2.50 bits per heavy atom. The quantitative estimate of drug-likeness (QED) is 0.483. The second-order valence-corrected chi connectivity index (χ2v) is 5.64. The Bertz CT molecular complexity index is 317. The van der Waals surface area contributed by atoms with Gasteiger partial charge >= 0.3 is 0 Å². The summed E-state index contributed by atoms with van der Waals surface area (Å²) in [6.45, 7) is 9.21. The number of nitrogens with zero attached hydrogens (tertiary/aromatic N) is 1. The van der Waals surface area contributed by atoms with Gasteiger partial charge in [0.05, 0.1) is 12.0 Å². The van der Waals surface area contributed by atoms with Gasteiger partial charge in [0.25, 0.3) is 5.82 Å². The summed E-state index contributed by atoms with van der Waals surface area (Å²) in [6, 6.07) is 0.627. The second-order valence-electron chi connectivity index (χ2n) is 5.64. The van der Waals surface area contributed by atoms with Gasteiger partial charge in [0.1, 0.15) is 12.4 Å². The number of imidazole rings is 1. The van der Waals surface area contributed by atoms with E-state index >= 15 is 0 Å². The van der Waals surface area contributed by atoms with E-state index in [2.05, 4.69) is 49.6 Å². The summed E-state index contributed by atoms with van der Waals surface area (Å²) in [7, 11) is 0. The van der Waals surface area contributed by atoms with Crippen LogP contribution in [0.25, 0.3) is 0 Å². The minimum atomic E-state index is 0.627. The Hall–Kier alpha value is -0.790. The predicted molar refractivity (Wildman–Crippen MR) is 77.8 cm³/mol. The van der Waals surface area contributed by atoms with Gasteiger partial charge in [-0.2, -0.15) is 0 Å². The zero-order chi connectivity index (χ0) is 13.4. The predicted octanol–water partition coefficient (Wildman–Crippen LogP) is 4.74. The Balaban J connectivity index is 2.51. The molecule has 0 saturated carbocycles. The first-order chi connectivity index (χ1) is 8.70. The van der Waals surface area contributed by atoms with Crippen LogP contribution in [0, 0.1) is 0 Å². The lowest BCUT2D eigenvalue weighted by Crippen LogP contribution is -2.40. The normalized spacial score (nSPS) is 14.7. The van der Waals surface area contributed by atoms with Crippen molar-refractivity contribution in [1.82, 2.24) is 4.98 Å². The van der Waals surface area contributed by atoms with Crippen LogP contribution in [0.15, 0.2) is 12.4 Å². The highest BCUT2D eigenvalue weighted by Crippen LogP contribution is 2.18. The van der Waals surface area contributed by atoms with Gasteiger partial charge in [0, 0.05) is 0 Å². The van der Waals surface area contributed by atoms with E-state index in [9.17, 15) is 0 Å². The number of hydrogen-bond donors (Lipinski definition) is 1. The lowest BCUT2D eigenvalue weighted by Gasteiger charge is -2.13. The van der Waals surface area contributed by atoms with Crippen molar-refractivity contribution in [2.45, 2.75) is 84.6 Å². The Labute approximate surface area is 113 Å². The summed E-state index contributed by atoms with van der Waals surface area (Å²) >= 11 is 0. The van der Waals surface area contributed by atoms with Crippen LogP contribution in [0.4, 0.5) is 0 Å². The first-order valence-electron chi connectivity index (χ1n) is 7.79. The molecule has 18 heavy (non-hydrogen) atoms. The van der Waals surface area contributed by atoms with Crippen molar-refractivity contribution in [3.63, 3.8) is 0 Å². The van der Waals surface area contributed by atoms with Gasteiger partial charge in [-0.25, -0.2) is 9.55 Å². The van der Waals surface area contributed by atoms with E-state index in [1.807, 2.05) is 0 Å². The minimum Gasteiger partial charge on any atom is -0.247 e. The summed E-state index contributed by atoms with van der Waals surface area (Å²) < 4.78 is 2.45. The number of unbranched alkanes of at least 4 members (excludes halogenated alkanes) is 3. The smallest absolute Gasteiger partial charge is 0.247 e. The van der Waals surface area contributed by atoms with Crippen LogP contribution >= 0.6 is 0 Å². The summed E-state index contributed by atoms with van der Waals surface area (Å²) in [6.07, 6.45) is 13.6. The van der Waals surface area contributed by atoms with Gasteiger partial charge in [-0.15, -0.1) is 0 Å². The number of hydrogen-bond acceptors (Lipinski definition) is 0. The Kier molecular flexibility index (Phi) is 7.07. The van der Waals surface area contributed by atoms with E-state index in [1.54, 1.807) is 0 Å². The van der Waals surface area contributed by atoms with Crippen LogP contribution in [0.1, 0.15) is 90.4 Å². The summed E-state index contributed by atoms with van der Waals surface area (Å²) in [5.74, 6) is 2.04. The van der Waals surface area contributed by atoms with Crippen LogP contribution < -0.4 is 4.57 Å². The van der Waals surface area contributed by atoms with Crippen molar-refractivity contribution in [1.29, 1.82) is 0 Å². The minimum absolute atomic E-state index is 0.627. The molecule has 0 fully saturated rings. The van der Waals surface area contributed by atoms with E-state index in [1.165, 1.54) is 50.8 Å². The number of nitrogens with one attached hydrogen (secondary N) is 1. The van der Waals surface area contributed by atoms with Crippen molar-refractivity contribution < 1.29 is 4.57 Å². The highest BCUT2D eigenvalue weighted by molar-refractivity contribution is 4.87. The molecule has 0 bridgehead atoms. The molecule has 1 heterocycles. The molecule has 0 radical (unpaired) electrons.